The molecule has 0 radical (unpaired) electrons. The van der Waals surface area contributed by atoms with E-state index in [2.05, 4.69) is 25.2 Å². The molecule has 0 saturated heterocycles. The summed E-state index contributed by atoms with van der Waals surface area (Å²) in [6, 6.07) is 13.3. The molecule has 4 heteroatoms. The van der Waals surface area contributed by atoms with Crippen molar-refractivity contribution in [3.63, 3.8) is 0 Å². The van der Waals surface area contributed by atoms with Crippen LogP contribution in [0.3, 0.4) is 0 Å². The summed E-state index contributed by atoms with van der Waals surface area (Å²) in [6.45, 7) is 8.81. The normalized spacial score (nSPS) is 10.5. The van der Waals surface area contributed by atoms with Crippen molar-refractivity contribution in [2.75, 3.05) is 18.5 Å². The number of ether oxygens (including phenoxy) is 2. The molecule has 0 atom stereocenters. The second-order valence-corrected chi connectivity index (χ2v) is 6.39. The molecule has 1 amide bonds. The lowest BCUT2D eigenvalue weighted by Gasteiger charge is -2.11. The number of nitrogens with one attached hydrogen (secondary N) is 1. The Morgan fingerprint density at radius 2 is 1.71 bits per heavy atom. The van der Waals surface area contributed by atoms with Gasteiger partial charge in [-0.2, -0.15) is 0 Å². The molecule has 0 aliphatic carbocycles. The molecule has 128 valence electrons. The van der Waals surface area contributed by atoms with Gasteiger partial charge in [-0.3, -0.25) is 4.79 Å². The average molecular weight is 327 g/mol. The van der Waals surface area contributed by atoms with Crippen LogP contribution in [0.1, 0.15) is 25.0 Å². The fraction of sp³-hybridized carbons (Fsp3) is 0.350. The highest BCUT2D eigenvalue weighted by Gasteiger charge is 2.06. The van der Waals surface area contributed by atoms with Crippen molar-refractivity contribution in [2.24, 2.45) is 5.92 Å². The van der Waals surface area contributed by atoms with E-state index in [1.54, 1.807) is 0 Å². The van der Waals surface area contributed by atoms with Crippen LogP contribution in [0.15, 0.2) is 42.5 Å². The minimum atomic E-state index is -0.199. The van der Waals surface area contributed by atoms with Crippen molar-refractivity contribution in [3.05, 3.63) is 53.6 Å². The average Bonchev–Trinajstić information content (AvgIpc) is 2.50. The van der Waals surface area contributed by atoms with E-state index in [0.29, 0.717) is 24.0 Å². The molecular formula is C20H25NO3. The third kappa shape index (κ3) is 5.95. The summed E-state index contributed by atoms with van der Waals surface area (Å²) in [7, 11) is 0. The fourth-order valence-electron chi connectivity index (χ4n) is 2.29. The van der Waals surface area contributed by atoms with Gasteiger partial charge >= 0.3 is 0 Å². The Morgan fingerprint density at radius 1 is 1.00 bits per heavy atom. The zero-order valence-corrected chi connectivity index (χ0v) is 14.8. The van der Waals surface area contributed by atoms with E-state index in [-0.39, 0.29) is 12.5 Å². The minimum absolute atomic E-state index is 0.0278. The summed E-state index contributed by atoms with van der Waals surface area (Å²) < 4.78 is 11.2. The summed E-state index contributed by atoms with van der Waals surface area (Å²) in [6.07, 6.45) is 0. The predicted molar refractivity (Wildman–Crippen MR) is 96.8 cm³/mol. The van der Waals surface area contributed by atoms with Gasteiger partial charge in [-0.05, 0) is 55.2 Å². The Bertz CT molecular complexity index is 675. The monoisotopic (exact) mass is 327 g/mol. The number of carbonyl (C=O) groups is 1. The van der Waals surface area contributed by atoms with E-state index in [4.69, 9.17) is 9.47 Å². The molecule has 1 N–H and O–H groups in total. The zero-order chi connectivity index (χ0) is 17.5. The second kappa shape index (κ2) is 8.39. The van der Waals surface area contributed by atoms with Crippen LogP contribution in [-0.4, -0.2) is 19.1 Å². The highest BCUT2D eigenvalue weighted by atomic mass is 16.5. The number of anilines is 1. The molecule has 0 saturated carbocycles. The van der Waals surface area contributed by atoms with Crippen molar-refractivity contribution >= 4 is 11.6 Å². The van der Waals surface area contributed by atoms with E-state index < -0.39 is 0 Å². The third-order valence-corrected chi connectivity index (χ3v) is 3.27. The first kappa shape index (κ1) is 17.9. The van der Waals surface area contributed by atoms with Crippen LogP contribution in [0.25, 0.3) is 0 Å². The fourth-order valence-corrected chi connectivity index (χ4v) is 2.29. The molecule has 2 aromatic rings. The summed E-state index contributed by atoms with van der Waals surface area (Å²) >= 11 is 0. The van der Waals surface area contributed by atoms with E-state index in [1.165, 1.54) is 0 Å². The smallest absolute Gasteiger partial charge is 0.262 e. The Hall–Kier alpha value is -2.49. The van der Waals surface area contributed by atoms with Crippen LogP contribution in [0.5, 0.6) is 11.5 Å². The van der Waals surface area contributed by atoms with E-state index in [9.17, 15) is 4.79 Å². The van der Waals surface area contributed by atoms with Crippen molar-refractivity contribution in [1.29, 1.82) is 0 Å². The SMILES string of the molecule is Cc1cc(C)cc(OCC(=O)Nc2cccc(OCC(C)C)c2)c1. The van der Waals surface area contributed by atoms with Gasteiger partial charge in [0.1, 0.15) is 11.5 Å². The lowest BCUT2D eigenvalue weighted by atomic mass is 10.1. The van der Waals surface area contributed by atoms with Crippen LogP contribution >= 0.6 is 0 Å². The van der Waals surface area contributed by atoms with Crippen molar-refractivity contribution in [2.45, 2.75) is 27.7 Å². The molecule has 0 fully saturated rings. The molecular weight excluding hydrogens is 302 g/mol. The van der Waals surface area contributed by atoms with Gasteiger partial charge in [0.15, 0.2) is 6.61 Å². The summed E-state index contributed by atoms with van der Waals surface area (Å²) in [5.41, 5.74) is 2.92. The molecule has 0 spiro atoms. The molecule has 0 unspecified atom stereocenters. The molecule has 0 bridgehead atoms. The Morgan fingerprint density at radius 3 is 2.38 bits per heavy atom. The molecule has 2 rings (SSSR count). The first-order chi connectivity index (χ1) is 11.4. The molecule has 24 heavy (non-hydrogen) atoms. The highest BCUT2D eigenvalue weighted by molar-refractivity contribution is 5.92. The molecule has 4 nitrogen and oxygen atoms in total. The Balaban J connectivity index is 1.88. The van der Waals surface area contributed by atoms with Crippen LogP contribution in [-0.2, 0) is 4.79 Å². The molecule has 0 heterocycles. The van der Waals surface area contributed by atoms with Crippen LogP contribution < -0.4 is 14.8 Å². The van der Waals surface area contributed by atoms with Crippen molar-refractivity contribution < 1.29 is 14.3 Å². The number of amides is 1. The maximum atomic E-state index is 12.1. The number of benzene rings is 2. The summed E-state index contributed by atoms with van der Waals surface area (Å²) in [5.74, 6) is 1.71. The van der Waals surface area contributed by atoms with Gasteiger partial charge in [0.05, 0.1) is 6.61 Å². The summed E-state index contributed by atoms with van der Waals surface area (Å²) in [4.78, 5) is 12.1. The lowest BCUT2D eigenvalue weighted by molar-refractivity contribution is -0.118. The number of carbonyl (C=O) groups excluding carboxylic acids is 1. The second-order valence-electron chi connectivity index (χ2n) is 6.39. The van der Waals surface area contributed by atoms with Gasteiger partial charge in [0.25, 0.3) is 5.91 Å². The molecule has 0 aromatic heterocycles. The van der Waals surface area contributed by atoms with Gasteiger partial charge in [-0.1, -0.05) is 26.0 Å². The highest BCUT2D eigenvalue weighted by Crippen LogP contribution is 2.19. The van der Waals surface area contributed by atoms with Crippen molar-refractivity contribution in [1.82, 2.24) is 0 Å². The number of aryl methyl sites for hydroxylation is 2. The molecule has 0 aliphatic heterocycles. The quantitative estimate of drug-likeness (QED) is 0.822. The number of hydrogen-bond acceptors (Lipinski definition) is 3. The maximum Gasteiger partial charge on any atom is 0.262 e. The van der Waals surface area contributed by atoms with Gasteiger partial charge in [-0.25, -0.2) is 0 Å². The van der Waals surface area contributed by atoms with Crippen LogP contribution in [0, 0.1) is 19.8 Å². The van der Waals surface area contributed by atoms with Crippen molar-refractivity contribution in [3.8, 4) is 11.5 Å². The number of hydrogen-bond donors (Lipinski definition) is 1. The van der Waals surface area contributed by atoms with Gasteiger partial charge < -0.3 is 14.8 Å². The van der Waals surface area contributed by atoms with Gasteiger partial charge in [-0.15, -0.1) is 0 Å². The van der Waals surface area contributed by atoms with Gasteiger partial charge in [0, 0.05) is 11.8 Å². The Labute approximate surface area is 143 Å². The van der Waals surface area contributed by atoms with Crippen LogP contribution in [0.2, 0.25) is 0 Å². The van der Waals surface area contributed by atoms with Gasteiger partial charge in [0.2, 0.25) is 0 Å². The predicted octanol–water partition coefficient (Wildman–Crippen LogP) is 4.36. The van der Waals surface area contributed by atoms with Crippen LogP contribution in [0.4, 0.5) is 5.69 Å². The largest absolute Gasteiger partial charge is 0.493 e. The topological polar surface area (TPSA) is 47.6 Å². The molecule has 2 aromatic carbocycles. The lowest BCUT2D eigenvalue weighted by Crippen LogP contribution is -2.20. The first-order valence-electron chi connectivity index (χ1n) is 8.16. The Kier molecular flexibility index (Phi) is 6.24. The zero-order valence-electron chi connectivity index (χ0n) is 14.8. The minimum Gasteiger partial charge on any atom is -0.493 e. The molecule has 0 aliphatic rings. The van der Waals surface area contributed by atoms with E-state index in [0.717, 1.165) is 16.9 Å². The van der Waals surface area contributed by atoms with E-state index >= 15 is 0 Å². The first-order valence-corrected chi connectivity index (χ1v) is 8.16. The summed E-state index contributed by atoms with van der Waals surface area (Å²) in [5, 5.41) is 2.83. The maximum absolute atomic E-state index is 12.1. The number of rotatable bonds is 7. The third-order valence-electron chi connectivity index (χ3n) is 3.27. The van der Waals surface area contributed by atoms with E-state index in [1.807, 2.05) is 50.2 Å². The standard InChI is InChI=1S/C20H25NO3/c1-14(2)12-23-18-7-5-6-17(11-18)21-20(22)13-24-19-9-15(3)8-16(4)10-19/h5-11,14H,12-13H2,1-4H3,(H,21,22).